The Labute approximate surface area is 114 Å². The molecule has 0 aromatic carbocycles. The van der Waals surface area contributed by atoms with Crippen LogP contribution in [0.1, 0.15) is 33.8 Å². The number of carbonyl (C=O) groups excluding carboxylic acids is 2. The molecule has 0 saturated heterocycles. The van der Waals surface area contributed by atoms with E-state index in [-0.39, 0.29) is 17.5 Å². The summed E-state index contributed by atoms with van der Waals surface area (Å²) >= 11 is 1.53. The van der Waals surface area contributed by atoms with E-state index in [1.54, 1.807) is 6.92 Å². The number of Topliss-reactive ketones (excluding diaryl/α,β-unsaturated/α-hetero) is 2. The molecule has 1 aromatic heterocycles. The van der Waals surface area contributed by atoms with Crippen LogP contribution < -0.4 is 5.32 Å². The third-order valence-corrected chi connectivity index (χ3v) is 5.12. The first-order valence-electron chi connectivity index (χ1n) is 6.22. The Morgan fingerprint density at radius 3 is 3.05 bits per heavy atom. The Bertz CT molecular complexity index is 733. The molecule has 1 unspecified atom stereocenters. The predicted octanol–water partition coefficient (Wildman–Crippen LogP) is 3.18. The number of hydrogen-bond acceptors (Lipinski definition) is 4. The van der Waals surface area contributed by atoms with Crippen LogP contribution in [0.3, 0.4) is 0 Å². The molecule has 0 spiro atoms. The molecular weight excluding hydrogens is 258 g/mol. The number of fused-ring (bicyclic) bond motifs is 5. The maximum Gasteiger partial charge on any atom is 0.169 e. The molecule has 0 saturated carbocycles. The predicted molar refractivity (Wildman–Crippen MR) is 74.6 cm³/mol. The molecule has 0 amide bonds. The lowest BCUT2D eigenvalue weighted by molar-refractivity contribution is -0.114. The maximum atomic E-state index is 11.8. The molecule has 4 heteroatoms. The van der Waals surface area contributed by atoms with Gasteiger partial charge in [-0.25, -0.2) is 0 Å². The van der Waals surface area contributed by atoms with Gasteiger partial charge in [0.25, 0.3) is 0 Å². The van der Waals surface area contributed by atoms with E-state index in [2.05, 4.69) is 5.32 Å². The van der Waals surface area contributed by atoms with Crippen molar-refractivity contribution in [3.63, 3.8) is 0 Å². The molecule has 3 aliphatic rings. The van der Waals surface area contributed by atoms with Crippen LogP contribution in [-0.2, 0) is 4.79 Å². The van der Waals surface area contributed by atoms with Crippen LogP contribution in [0, 0.1) is 0 Å². The quantitative estimate of drug-likeness (QED) is 0.796. The summed E-state index contributed by atoms with van der Waals surface area (Å²) in [6, 6.07) is 1.92. The van der Waals surface area contributed by atoms with Crippen molar-refractivity contribution in [1.29, 1.82) is 0 Å². The Morgan fingerprint density at radius 2 is 2.26 bits per heavy atom. The summed E-state index contributed by atoms with van der Waals surface area (Å²) in [6.07, 6.45) is 6.41. The summed E-state index contributed by atoms with van der Waals surface area (Å²) in [6.45, 7) is 1.59. The van der Waals surface area contributed by atoms with Crippen molar-refractivity contribution in [1.82, 2.24) is 0 Å². The SMILES string of the molecule is CC(=O)c1cc2c(s1)C1C(=CC=C3C(=O)CC=C31)N2. The minimum absolute atomic E-state index is 0.0924. The van der Waals surface area contributed by atoms with Gasteiger partial charge < -0.3 is 5.32 Å². The first kappa shape index (κ1) is 10.9. The van der Waals surface area contributed by atoms with Crippen molar-refractivity contribution in [2.24, 2.45) is 0 Å². The number of anilines is 1. The average Bonchev–Trinajstić information content (AvgIpc) is 3.00. The largest absolute Gasteiger partial charge is 0.357 e. The summed E-state index contributed by atoms with van der Waals surface area (Å²) < 4.78 is 0. The van der Waals surface area contributed by atoms with Crippen molar-refractivity contribution in [2.75, 3.05) is 5.32 Å². The number of thiophene rings is 1. The summed E-state index contributed by atoms with van der Waals surface area (Å²) in [7, 11) is 0. The van der Waals surface area contributed by atoms with Gasteiger partial charge in [0.05, 0.1) is 16.5 Å². The van der Waals surface area contributed by atoms with Crippen LogP contribution in [0.5, 0.6) is 0 Å². The Morgan fingerprint density at radius 1 is 1.42 bits per heavy atom. The fraction of sp³-hybridized carbons (Fsp3) is 0.200. The molecule has 19 heavy (non-hydrogen) atoms. The number of hydrogen-bond donors (Lipinski definition) is 1. The van der Waals surface area contributed by atoms with E-state index in [0.717, 1.165) is 32.3 Å². The first-order valence-corrected chi connectivity index (χ1v) is 7.04. The molecule has 1 aromatic rings. The number of carbonyl (C=O) groups is 2. The topological polar surface area (TPSA) is 46.2 Å². The van der Waals surface area contributed by atoms with Gasteiger partial charge in [-0.3, -0.25) is 9.59 Å². The van der Waals surface area contributed by atoms with Gasteiger partial charge in [0.2, 0.25) is 0 Å². The van der Waals surface area contributed by atoms with Crippen LogP contribution in [0.2, 0.25) is 0 Å². The zero-order chi connectivity index (χ0) is 13.1. The first-order chi connectivity index (χ1) is 9.15. The van der Waals surface area contributed by atoms with Gasteiger partial charge in [0.15, 0.2) is 11.6 Å². The molecule has 0 radical (unpaired) electrons. The Kier molecular flexibility index (Phi) is 2.04. The molecule has 2 heterocycles. The van der Waals surface area contributed by atoms with Crippen LogP contribution in [0.15, 0.2) is 41.1 Å². The van der Waals surface area contributed by atoms with Gasteiger partial charge in [0, 0.05) is 22.6 Å². The third-order valence-electron chi connectivity index (χ3n) is 3.82. The number of nitrogens with one attached hydrogen (secondary N) is 1. The lowest BCUT2D eigenvalue weighted by Crippen LogP contribution is -2.10. The number of ketones is 2. The van der Waals surface area contributed by atoms with Crippen LogP contribution in [0.4, 0.5) is 5.69 Å². The van der Waals surface area contributed by atoms with Gasteiger partial charge in [-0.15, -0.1) is 11.3 Å². The highest BCUT2D eigenvalue weighted by molar-refractivity contribution is 7.14. The standard InChI is InChI=1S/C15H11NO2S/c1-7(17)13-6-11-15(19-13)14-9-3-5-12(18)8(9)2-4-10(14)16-11/h2-4,6,14,16H,5H2,1H3. The zero-order valence-corrected chi connectivity index (χ0v) is 11.1. The van der Waals surface area contributed by atoms with Gasteiger partial charge >= 0.3 is 0 Å². The number of allylic oxidation sites excluding steroid dienone is 5. The molecule has 0 bridgehead atoms. The summed E-state index contributed by atoms with van der Waals surface area (Å²) in [5, 5.41) is 3.36. The van der Waals surface area contributed by atoms with Crippen LogP contribution >= 0.6 is 11.3 Å². The molecule has 2 aliphatic carbocycles. The molecule has 1 atom stereocenters. The second kappa shape index (κ2) is 3.54. The van der Waals surface area contributed by atoms with E-state index in [0.29, 0.717) is 6.42 Å². The third kappa shape index (κ3) is 1.37. The minimum Gasteiger partial charge on any atom is -0.357 e. The highest BCUT2D eigenvalue weighted by Gasteiger charge is 2.39. The van der Waals surface area contributed by atoms with Crippen molar-refractivity contribution in [3.8, 4) is 0 Å². The Hall–Kier alpha value is -1.94. The summed E-state index contributed by atoms with van der Waals surface area (Å²) in [5.41, 5.74) is 4.06. The summed E-state index contributed by atoms with van der Waals surface area (Å²) in [5.74, 6) is 0.413. The van der Waals surface area contributed by atoms with E-state index in [4.69, 9.17) is 0 Å². The molecule has 3 nitrogen and oxygen atoms in total. The smallest absolute Gasteiger partial charge is 0.169 e. The molecule has 1 aliphatic heterocycles. The molecule has 0 fully saturated rings. The van der Waals surface area contributed by atoms with Crippen LogP contribution in [-0.4, -0.2) is 11.6 Å². The van der Waals surface area contributed by atoms with E-state index in [1.807, 2.05) is 24.3 Å². The fourth-order valence-corrected chi connectivity index (χ4v) is 4.07. The number of rotatable bonds is 1. The second-order valence-electron chi connectivity index (χ2n) is 4.99. The Balaban J connectivity index is 1.85. The normalized spacial score (nSPS) is 22.9. The fourth-order valence-electron chi connectivity index (χ4n) is 2.93. The van der Waals surface area contributed by atoms with Gasteiger partial charge in [-0.2, -0.15) is 0 Å². The van der Waals surface area contributed by atoms with E-state index < -0.39 is 0 Å². The monoisotopic (exact) mass is 269 g/mol. The zero-order valence-electron chi connectivity index (χ0n) is 10.3. The molecule has 94 valence electrons. The van der Waals surface area contributed by atoms with Gasteiger partial charge in [0.1, 0.15) is 0 Å². The van der Waals surface area contributed by atoms with E-state index >= 15 is 0 Å². The maximum absolute atomic E-state index is 11.8. The second-order valence-corrected chi connectivity index (χ2v) is 6.08. The van der Waals surface area contributed by atoms with Crippen LogP contribution in [0.25, 0.3) is 0 Å². The van der Waals surface area contributed by atoms with Crippen molar-refractivity contribution < 1.29 is 9.59 Å². The highest BCUT2D eigenvalue weighted by Crippen LogP contribution is 2.52. The van der Waals surface area contributed by atoms with E-state index in [9.17, 15) is 9.59 Å². The molecule has 4 rings (SSSR count). The lowest BCUT2D eigenvalue weighted by atomic mass is 9.88. The summed E-state index contributed by atoms with van der Waals surface area (Å²) in [4.78, 5) is 25.2. The highest BCUT2D eigenvalue weighted by atomic mass is 32.1. The van der Waals surface area contributed by atoms with Gasteiger partial charge in [-0.05, 0) is 30.7 Å². The molecule has 1 N–H and O–H groups in total. The van der Waals surface area contributed by atoms with E-state index in [1.165, 1.54) is 11.3 Å². The average molecular weight is 269 g/mol. The van der Waals surface area contributed by atoms with Gasteiger partial charge in [-0.1, -0.05) is 6.08 Å². The minimum atomic E-state index is 0.0924. The lowest BCUT2D eigenvalue weighted by Gasteiger charge is -2.18. The van der Waals surface area contributed by atoms with Crippen molar-refractivity contribution in [3.05, 3.63) is 50.9 Å². The van der Waals surface area contributed by atoms with Crippen molar-refractivity contribution >= 4 is 28.6 Å². The molecular formula is C15H11NO2S. The van der Waals surface area contributed by atoms with Crippen molar-refractivity contribution in [2.45, 2.75) is 19.3 Å².